The minimum Gasteiger partial charge on any atom is -0.383 e. The topological polar surface area (TPSA) is 170 Å². The number of anilines is 1. The predicted octanol–water partition coefficient (Wildman–Crippen LogP) is 0.750. The standard InChI is InChI=1S/C32H39N7O5/c1-38(28(41)18-33)32(31(44)37-23-16-22-10-5-6-11-25(22)35-19-23)17-24(20-39(32)30(43)26-12-7-15-34-26)36-29(42)27(40)14-13-21-8-3-2-4-9-21/h2-6,8-11,16,19,24,26-27,34,40H,7,12-15,17-18,20,33H2,1H3,(H,36,42)(H,37,44)/t24-,26+,27-,32+/m1/s1. The lowest BCUT2D eigenvalue weighted by Crippen LogP contribution is -2.68. The molecule has 12 nitrogen and oxygen atoms in total. The summed E-state index contributed by atoms with van der Waals surface area (Å²) in [6.45, 7) is 0.222. The molecule has 2 saturated heterocycles. The zero-order valence-corrected chi connectivity index (χ0v) is 24.7. The van der Waals surface area contributed by atoms with Gasteiger partial charge in [-0.1, -0.05) is 48.5 Å². The van der Waals surface area contributed by atoms with Gasteiger partial charge in [0.15, 0.2) is 0 Å². The molecule has 2 aliphatic rings. The minimum atomic E-state index is -1.81. The number of benzene rings is 2. The smallest absolute Gasteiger partial charge is 0.271 e. The van der Waals surface area contributed by atoms with Crippen LogP contribution >= 0.6 is 0 Å². The normalized spacial score (nSPS) is 22.0. The first-order chi connectivity index (χ1) is 21.2. The molecule has 0 unspecified atom stereocenters. The molecule has 2 fully saturated rings. The largest absolute Gasteiger partial charge is 0.383 e. The first-order valence-electron chi connectivity index (χ1n) is 14.9. The van der Waals surface area contributed by atoms with Crippen molar-refractivity contribution in [1.82, 2.24) is 25.4 Å². The summed E-state index contributed by atoms with van der Waals surface area (Å²) in [6, 6.07) is 17.4. The number of fused-ring (bicyclic) bond motifs is 1. The fourth-order valence-electron chi connectivity index (χ4n) is 6.12. The molecule has 0 bridgehead atoms. The molecule has 2 aromatic carbocycles. The van der Waals surface area contributed by atoms with Crippen molar-refractivity contribution < 1.29 is 24.3 Å². The maximum Gasteiger partial charge on any atom is 0.271 e. The summed E-state index contributed by atoms with van der Waals surface area (Å²) in [5.74, 6) is -2.15. The summed E-state index contributed by atoms with van der Waals surface area (Å²) in [5.41, 5.74) is 6.05. The van der Waals surface area contributed by atoms with Gasteiger partial charge in [-0.2, -0.15) is 0 Å². The molecule has 2 aliphatic heterocycles. The van der Waals surface area contributed by atoms with Crippen LogP contribution in [0.4, 0.5) is 5.69 Å². The molecule has 3 heterocycles. The number of carbonyl (C=O) groups is 4. The Labute approximate surface area is 256 Å². The van der Waals surface area contributed by atoms with E-state index in [4.69, 9.17) is 5.73 Å². The molecule has 0 radical (unpaired) electrons. The third-order valence-electron chi connectivity index (χ3n) is 8.52. The summed E-state index contributed by atoms with van der Waals surface area (Å²) < 4.78 is 0. The predicted molar refractivity (Wildman–Crippen MR) is 165 cm³/mol. The second-order valence-electron chi connectivity index (χ2n) is 11.4. The third-order valence-corrected chi connectivity index (χ3v) is 8.52. The molecule has 0 saturated carbocycles. The number of amides is 4. The van der Waals surface area contributed by atoms with Gasteiger partial charge in [-0.05, 0) is 49.9 Å². The van der Waals surface area contributed by atoms with Crippen LogP contribution in [0, 0.1) is 0 Å². The number of nitrogens with two attached hydrogens (primary N) is 1. The fourth-order valence-corrected chi connectivity index (χ4v) is 6.12. The van der Waals surface area contributed by atoms with E-state index in [1.54, 1.807) is 6.07 Å². The Morgan fingerprint density at radius 3 is 2.64 bits per heavy atom. The fraction of sp³-hybridized carbons (Fsp3) is 0.406. The van der Waals surface area contributed by atoms with Crippen LogP contribution in [0.3, 0.4) is 0 Å². The summed E-state index contributed by atoms with van der Waals surface area (Å²) in [6.07, 6.45) is 2.18. The number of aliphatic hydroxyl groups is 1. The number of nitrogens with one attached hydrogen (secondary N) is 3. The lowest BCUT2D eigenvalue weighted by molar-refractivity contribution is -0.161. The van der Waals surface area contributed by atoms with Crippen LogP contribution in [0.25, 0.3) is 10.9 Å². The zero-order chi connectivity index (χ0) is 31.3. The van der Waals surface area contributed by atoms with Gasteiger partial charge in [-0.25, -0.2) is 0 Å². The number of likely N-dealkylation sites (tertiary alicyclic amines) is 1. The molecule has 232 valence electrons. The molecule has 1 aromatic heterocycles. The van der Waals surface area contributed by atoms with Crippen molar-refractivity contribution in [2.24, 2.45) is 5.73 Å². The van der Waals surface area contributed by atoms with E-state index in [9.17, 15) is 24.3 Å². The number of likely N-dealkylation sites (N-methyl/N-ethyl adjacent to an activating group) is 1. The highest BCUT2D eigenvalue weighted by atomic mass is 16.3. The monoisotopic (exact) mass is 601 g/mol. The van der Waals surface area contributed by atoms with Crippen molar-refractivity contribution in [3.05, 3.63) is 72.4 Å². The SMILES string of the molecule is CN(C(=O)CN)[C@@]1(C(=O)Nc2cnc3ccccc3c2)C[C@@H](NC(=O)[C@H](O)CCc2ccccc2)CN1C(=O)[C@@H]1CCCN1. The highest BCUT2D eigenvalue weighted by Gasteiger charge is 2.58. The molecule has 44 heavy (non-hydrogen) atoms. The van der Waals surface area contributed by atoms with Gasteiger partial charge in [0.05, 0.1) is 36.0 Å². The lowest BCUT2D eigenvalue weighted by Gasteiger charge is -2.44. The van der Waals surface area contributed by atoms with E-state index >= 15 is 0 Å². The number of hydrogen-bond donors (Lipinski definition) is 5. The van der Waals surface area contributed by atoms with Gasteiger partial charge in [0.2, 0.25) is 23.4 Å². The van der Waals surface area contributed by atoms with Gasteiger partial charge in [0.1, 0.15) is 6.10 Å². The first kappa shape index (κ1) is 31.0. The van der Waals surface area contributed by atoms with Gasteiger partial charge in [-0.15, -0.1) is 0 Å². The number of pyridine rings is 1. The quantitative estimate of drug-likeness (QED) is 0.227. The Morgan fingerprint density at radius 1 is 1.16 bits per heavy atom. The number of aromatic nitrogens is 1. The minimum absolute atomic E-state index is 0.0419. The molecule has 0 aliphatic carbocycles. The Hall–Kier alpha value is -4.39. The molecule has 0 spiro atoms. The molecule has 5 rings (SSSR count). The molecule has 12 heteroatoms. The number of aliphatic hydroxyl groups excluding tert-OH is 1. The van der Waals surface area contributed by atoms with Crippen molar-refractivity contribution in [3.63, 3.8) is 0 Å². The number of hydrogen-bond acceptors (Lipinski definition) is 8. The van der Waals surface area contributed by atoms with Crippen LogP contribution in [0.5, 0.6) is 0 Å². The average Bonchev–Trinajstić information content (AvgIpc) is 3.72. The van der Waals surface area contributed by atoms with Gasteiger partial charge in [-0.3, -0.25) is 24.2 Å². The average molecular weight is 602 g/mol. The van der Waals surface area contributed by atoms with Crippen LogP contribution in [-0.4, -0.2) is 94.1 Å². The first-order valence-corrected chi connectivity index (χ1v) is 14.9. The van der Waals surface area contributed by atoms with Crippen LogP contribution in [-0.2, 0) is 25.6 Å². The van der Waals surface area contributed by atoms with Crippen molar-refractivity contribution in [3.8, 4) is 0 Å². The van der Waals surface area contributed by atoms with Crippen LogP contribution in [0.15, 0.2) is 66.9 Å². The van der Waals surface area contributed by atoms with Gasteiger partial charge < -0.3 is 36.6 Å². The number of para-hydroxylation sites is 1. The van der Waals surface area contributed by atoms with E-state index in [1.807, 2.05) is 54.6 Å². The maximum atomic E-state index is 14.3. The van der Waals surface area contributed by atoms with Crippen molar-refractivity contribution >= 4 is 40.2 Å². The van der Waals surface area contributed by atoms with Gasteiger partial charge in [0, 0.05) is 25.4 Å². The third kappa shape index (κ3) is 6.42. The van der Waals surface area contributed by atoms with Crippen LogP contribution in [0.1, 0.15) is 31.2 Å². The van der Waals surface area contributed by atoms with E-state index in [2.05, 4.69) is 20.9 Å². The molecule has 4 amide bonds. The van der Waals surface area contributed by atoms with Crippen molar-refractivity contribution in [1.29, 1.82) is 0 Å². The van der Waals surface area contributed by atoms with E-state index in [1.165, 1.54) is 23.0 Å². The van der Waals surface area contributed by atoms with Crippen LogP contribution in [0.2, 0.25) is 0 Å². The van der Waals surface area contributed by atoms with E-state index in [-0.39, 0.29) is 31.8 Å². The Kier molecular flexibility index (Phi) is 9.52. The lowest BCUT2D eigenvalue weighted by atomic mass is 9.99. The summed E-state index contributed by atoms with van der Waals surface area (Å²) in [4.78, 5) is 61.5. The molecule has 6 N–H and O–H groups in total. The summed E-state index contributed by atoms with van der Waals surface area (Å²) >= 11 is 0. The summed E-state index contributed by atoms with van der Waals surface area (Å²) in [5, 5.41) is 20.4. The van der Waals surface area contributed by atoms with Crippen LogP contribution < -0.4 is 21.7 Å². The number of aryl methyl sites for hydroxylation is 1. The molecular weight excluding hydrogens is 562 g/mol. The second kappa shape index (κ2) is 13.5. The molecule has 3 aromatic rings. The molecule has 4 atom stereocenters. The second-order valence-corrected chi connectivity index (χ2v) is 11.4. The van der Waals surface area contributed by atoms with Gasteiger partial charge in [0.25, 0.3) is 5.91 Å². The summed E-state index contributed by atoms with van der Waals surface area (Å²) in [7, 11) is 1.44. The Bertz CT molecular complexity index is 1510. The maximum absolute atomic E-state index is 14.3. The zero-order valence-electron chi connectivity index (χ0n) is 24.7. The van der Waals surface area contributed by atoms with E-state index in [0.717, 1.165) is 22.9 Å². The van der Waals surface area contributed by atoms with Gasteiger partial charge >= 0.3 is 0 Å². The Balaban J connectivity index is 1.43. The molecular formula is C32H39N7O5. The van der Waals surface area contributed by atoms with Crippen molar-refractivity contribution in [2.45, 2.75) is 56.0 Å². The Morgan fingerprint density at radius 2 is 1.91 bits per heavy atom. The van der Waals surface area contributed by atoms with E-state index in [0.29, 0.717) is 25.1 Å². The van der Waals surface area contributed by atoms with E-state index < -0.39 is 41.6 Å². The number of rotatable bonds is 10. The number of carbonyl (C=O) groups excluding carboxylic acids is 4. The highest BCUT2D eigenvalue weighted by molar-refractivity contribution is 6.04. The number of nitrogens with zero attached hydrogens (tertiary/aromatic N) is 3. The van der Waals surface area contributed by atoms with Crippen molar-refractivity contribution in [2.75, 3.05) is 32.0 Å². The highest BCUT2D eigenvalue weighted by Crippen LogP contribution is 2.36.